The number of carbonyl (C=O) groups is 1. The summed E-state index contributed by atoms with van der Waals surface area (Å²) in [6, 6.07) is 9.78. The molecule has 21 heavy (non-hydrogen) atoms. The van der Waals surface area contributed by atoms with E-state index in [1.54, 1.807) is 16.4 Å². The molecule has 1 aromatic carbocycles. The summed E-state index contributed by atoms with van der Waals surface area (Å²) < 4.78 is 1.72. The van der Waals surface area contributed by atoms with Crippen LogP contribution in [0.2, 0.25) is 0 Å². The Labute approximate surface area is 127 Å². The Morgan fingerprint density at radius 3 is 3.00 bits per heavy atom. The number of thioether (sulfide) groups is 1. The van der Waals surface area contributed by atoms with Gasteiger partial charge in [0.1, 0.15) is 0 Å². The lowest BCUT2D eigenvalue weighted by Crippen LogP contribution is -2.30. The molecule has 2 heterocycles. The third-order valence-electron chi connectivity index (χ3n) is 3.43. The first kappa shape index (κ1) is 14.1. The fourth-order valence-corrected chi connectivity index (χ4v) is 3.41. The van der Waals surface area contributed by atoms with Gasteiger partial charge in [-0.2, -0.15) is 4.68 Å². The lowest BCUT2D eigenvalue weighted by atomic mass is 10.2. The molecule has 1 unspecified atom stereocenters. The molecule has 1 amide bonds. The van der Waals surface area contributed by atoms with E-state index in [1.165, 1.54) is 0 Å². The molecule has 7 heteroatoms. The molecule has 0 aliphatic carbocycles. The first-order chi connectivity index (χ1) is 10.3. The Morgan fingerprint density at radius 2 is 2.14 bits per heavy atom. The maximum atomic E-state index is 11.9. The smallest absolute Gasteiger partial charge is 0.233 e. The van der Waals surface area contributed by atoms with Crippen LogP contribution in [0.3, 0.4) is 0 Å². The van der Waals surface area contributed by atoms with Crippen molar-refractivity contribution in [3.63, 3.8) is 0 Å². The average Bonchev–Trinajstić information content (AvgIpc) is 2.89. The van der Waals surface area contributed by atoms with E-state index in [2.05, 4.69) is 20.8 Å². The minimum absolute atomic E-state index is 0.00609. The van der Waals surface area contributed by atoms with E-state index in [4.69, 9.17) is 0 Å². The first-order valence-electron chi connectivity index (χ1n) is 7.06. The number of nitrogens with one attached hydrogen (secondary N) is 1. The zero-order valence-corrected chi connectivity index (χ0v) is 12.4. The van der Waals surface area contributed by atoms with Gasteiger partial charge in [-0.25, -0.2) is 0 Å². The monoisotopic (exact) mass is 303 g/mol. The van der Waals surface area contributed by atoms with Crippen LogP contribution in [0.15, 0.2) is 30.3 Å². The topological polar surface area (TPSA) is 72.7 Å². The molecule has 1 N–H and O–H groups in total. The highest BCUT2D eigenvalue weighted by Gasteiger charge is 2.22. The van der Waals surface area contributed by atoms with E-state index in [0.29, 0.717) is 5.75 Å². The summed E-state index contributed by atoms with van der Waals surface area (Å²) in [7, 11) is 0. The third kappa shape index (κ3) is 3.41. The van der Waals surface area contributed by atoms with Crippen LogP contribution in [0.5, 0.6) is 0 Å². The van der Waals surface area contributed by atoms with Crippen LogP contribution < -0.4 is 5.32 Å². The molecular weight excluding hydrogens is 286 g/mol. The van der Waals surface area contributed by atoms with Gasteiger partial charge >= 0.3 is 0 Å². The first-order valence-corrected chi connectivity index (χ1v) is 8.11. The van der Waals surface area contributed by atoms with Crippen molar-refractivity contribution in [2.45, 2.75) is 30.3 Å². The maximum absolute atomic E-state index is 11.9. The number of aromatic nitrogens is 4. The van der Waals surface area contributed by atoms with Crippen molar-refractivity contribution >= 4 is 17.7 Å². The molecule has 1 atom stereocenters. The zero-order chi connectivity index (χ0) is 14.5. The van der Waals surface area contributed by atoms with Gasteiger partial charge in [-0.15, -0.1) is 16.9 Å². The van der Waals surface area contributed by atoms with E-state index in [0.717, 1.165) is 37.3 Å². The number of benzene rings is 1. The van der Waals surface area contributed by atoms with Crippen molar-refractivity contribution in [3.05, 3.63) is 36.2 Å². The molecule has 0 spiro atoms. The summed E-state index contributed by atoms with van der Waals surface area (Å²) in [6.07, 6.45) is 3.06. The SMILES string of the molecule is O=C1NCCCCC1SCc1nnnn1-c1ccccc1. The number of para-hydroxylation sites is 1. The molecule has 1 aromatic heterocycles. The number of nitrogens with zero attached hydrogens (tertiary/aromatic N) is 4. The normalized spacial score (nSPS) is 19.0. The molecule has 110 valence electrons. The molecule has 1 saturated heterocycles. The Kier molecular flexibility index (Phi) is 4.49. The highest BCUT2D eigenvalue weighted by Crippen LogP contribution is 2.23. The van der Waals surface area contributed by atoms with Crippen LogP contribution in [0.4, 0.5) is 0 Å². The van der Waals surface area contributed by atoms with E-state index in [1.807, 2.05) is 30.3 Å². The van der Waals surface area contributed by atoms with E-state index >= 15 is 0 Å². The van der Waals surface area contributed by atoms with Gasteiger partial charge in [0.2, 0.25) is 5.91 Å². The highest BCUT2D eigenvalue weighted by molar-refractivity contribution is 7.99. The lowest BCUT2D eigenvalue weighted by molar-refractivity contribution is -0.120. The maximum Gasteiger partial charge on any atom is 0.233 e. The Balaban J connectivity index is 1.69. The summed E-state index contributed by atoms with van der Waals surface area (Å²) in [6.45, 7) is 0.789. The van der Waals surface area contributed by atoms with Crippen LogP contribution in [0.25, 0.3) is 5.69 Å². The van der Waals surface area contributed by atoms with Crippen LogP contribution in [-0.2, 0) is 10.5 Å². The van der Waals surface area contributed by atoms with Crippen LogP contribution in [-0.4, -0.2) is 37.9 Å². The number of carbonyl (C=O) groups excluding carboxylic acids is 1. The number of amides is 1. The van der Waals surface area contributed by atoms with Crippen molar-refractivity contribution in [1.29, 1.82) is 0 Å². The summed E-state index contributed by atoms with van der Waals surface area (Å²) in [5.41, 5.74) is 0.934. The van der Waals surface area contributed by atoms with Gasteiger partial charge < -0.3 is 5.32 Å². The molecular formula is C14H17N5OS. The van der Waals surface area contributed by atoms with Gasteiger partial charge in [0, 0.05) is 6.54 Å². The van der Waals surface area contributed by atoms with Crippen molar-refractivity contribution in [2.75, 3.05) is 6.54 Å². The highest BCUT2D eigenvalue weighted by atomic mass is 32.2. The standard InChI is InChI=1S/C14H17N5OS/c20-14-12(8-4-5-9-15-14)21-10-13-16-17-18-19(13)11-6-2-1-3-7-11/h1-3,6-7,12H,4-5,8-10H2,(H,15,20). The molecule has 1 fully saturated rings. The average molecular weight is 303 g/mol. The van der Waals surface area contributed by atoms with Crippen molar-refractivity contribution in [1.82, 2.24) is 25.5 Å². The molecule has 1 aliphatic rings. The second-order valence-electron chi connectivity index (χ2n) is 4.93. The Bertz CT molecular complexity index is 600. The summed E-state index contributed by atoms with van der Waals surface area (Å²) in [5.74, 6) is 1.53. The summed E-state index contributed by atoms with van der Waals surface area (Å²) in [4.78, 5) is 11.9. The van der Waals surface area contributed by atoms with Gasteiger partial charge in [0.25, 0.3) is 0 Å². The second kappa shape index (κ2) is 6.71. The molecule has 3 rings (SSSR count). The number of hydrogen-bond acceptors (Lipinski definition) is 5. The number of tetrazole rings is 1. The van der Waals surface area contributed by atoms with Gasteiger partial charge in [-0.3, -0.25) is 4.79 Å². The predicted octanol–water partition coefficient (Wildman–Crippen LogP) is 1.56. The number of hydrogen-bond donors (Lipinski definition) is 1. The van der Waals surface area contributed by atoms with E-state index in [9.17, 15) is 4.79 Å². The second-order valence-corrected chi connectivity index (χ2v) is 6.12. The summed E-state index contributed by atoms with van der Waals surface area (Å²) >= 11 is 1.61. The molecule has 1 aliphatic heterocycles. The van der Waals surface area contributed by atoms with Gasteiger partial charge in [-0.05, 0) is 35.4 Å². The fraction of sp³-hybridized carbons (Fsp3) is 0.429. The molecule has 6 nitrogen and oxygen atoms in total. The molecule has 0 radical (unpaired) electrons. The molecule has 0 saturated carbocycles. The summed E-state index contributed by atoms with van der Waals surface area (Å²) in [5, 5.41) is 14.8. The van der Waals surface area contributed by atoms with Crippen molar-refractivity contribution < 1.29 is 4.79 Å². The largest absolute Gasteiger partial charge is 0.355 e. The van der Waals surface area contributed by atoms with E-state index < -0.39 is 0 Å². The van der Waals surface area contributed by atoms with E-state index in [-0.39, 0.29) is 11.2 Å². The van der Waals surface area contributed by atoms with Crippen LogP contribution in [0.1, 0.15) is 25.1 Å². The lowest BCUT2D eigenvalue weighted by Gasteiger charge is -2.12. The third-order valence-corrected chi connectivity index (χ3v) is 4.71. The van der Waals surface area contributed by atoms with Crippen molar-refractivity contribution in [2.24, 2.45) is 0 Å². The van der Waals surface area contributed by atoms with Crippen LogP contribution in [0, 0.1) is 0 Å². The Hall–Kier alpha value is -1.89. The number of rotatable bonds is 4. The minimum Gasteiger partial charge on any atom is -0.355 e. The van der Waals surface area contributed by atoms with Crippen molar-refractivity contribution in [3.8, 4) is 5.69 Å². The van der Waals surface area contributed by atoms with Crippen LogP contribution >= 0.6 is 11.8 Å². The van der Waals surface area contributed by atoms with Gasteiger partial charge in [0.15, 0.2) is 5.82 Å². The molecule has 2 aromatic rings. The predicted molar refractivity (Wildman–Crippen MR) is 81.1 cm³/mol. The quantitative estimate of drug-likeness (QED) is 0.928. The zero-order valence-electron chi connectivity index (χ0n) is 11.6. The minimum atomic E-state index is -0.00609. The fourth-order valence-electron chi connectivity index (χ4n) is 2.31. The van der Waals surface area contributed by atoms with Gasteiger partial charge in [0.05, 0.1) is 16.7 Å². The van der Waals surface area contributed by atoms with Gasteiger partial charge in [-0.1, -0.05) is 24.6 Å². The molecule has 0 bridgehead atoms. The Morgan fingerprint density at radius 1 is 1.29 bits per heavy atom.